The summed E-state index contributed by atoms with van der Waals surface area (Å²) in [6.07, 6.45) is 3.14. The second-order valence-electron chi connectivity index (χ2n) is 2.97. The summed E-state index contributed by atoms with van der Waals surface area (Å²) in [4.78, 5) is 0. The zero-order valence-electron chi connectivity index (χ0n) is 7.75. The Balaban J connectivity index is 2.76. The Bertz CT molecular complexity index is 219. The molecule has 0 saturated carbocycles. The fraction of sp³-hybridized carbons (Fsp3) is 0.667. The van der Waals surface area contributed by atoms with Gasteiger partial charge in [0.15, 0.2) is 0 Å². The first-order chi connectivity index (χ1) is 5.77. The number of hydrogen-bond acceptors (Lipinski definition) is 2. The predicted octanol–water partition coefficient (Wildman–Crippen LogP) is 1.95. The molecule has 12 heavy (non-hydrogen) atoms. The van der Waals surface area contributed by atoms with E-state index in [1.807, 2.05) is 4.68 Å². The molecule has 0 aliphatic carbocycles. The van der Waals surface area contributed by atoms with Gasteiger partial charge in [-0.05, 0) is 12.8 Å². The Morgan fingerprint density at radius 1 is 1.42 bits per heavy atom. The number of aromatic nitrogens is 2. The van der Waals surface area contributed by atoms with E-state index in [0.29, 0.717) is 0 Å². The molecule has 0 aliphatic heterocycles. The molecule has 0 saturated heterocycles. The second kappa shape index (κ2) is 4.14. The van der Waals surface area contributed by atoms with E-state index in [4.69, 9.17) is 5.11 Å². The maximum Gasteiger partial charge on any atom is 0.230 e. The summed E-state index contributed by atoms with van der Waals surface area (Å²) in [6, 6.07) is 1.75. The van der Waals surface area contributed by atoms with Crippen molar-refractivity contribution < 1.29 is 5.11 Å². The van der Waals surface area contributed by atoms with Crippen LogP contribution in [0.2, 0.25) is 0 Å². The zero-order valence-corrected chi connectivity index (χ0v) is 7.75. The molecule has 1 heterocycles. The lowest BCUT2D eigenvalue weighted by molar-refractivity contribution is 0.435. The highest BCUT2D eigenvalue weighted by Crippen LogP contribution is 2.12. The number of rotatable bonds is 4. The van der Waals surface area contributed by atoms with Crippen LogP contribution in [-0.4, -0.2) is 14.9 Å². The average molecular weight is 168 g/mol. The van der Waals surface area contributed by atoms with Crippen LogP contribution in [0.1, 0.15) is 32.4 Å². The minimum Gasteiger partial charge on any atom is -0.492 e. The van der Waals surface area contributed by atoms with Crippen molar-refractivity contribution in [1.29, 1.82) is 0 Å². The largest absolute Gasteiger partial charge is 0.492 e. The van der Waals surface area contributed by atoms with E-state index < -0.39 is 0 Å². The van der Waals surface area contributed by atoms with Gasteiger partial charge in [0, 0.05) is 18.3 Å². The SMILES string of the molecule is CCCc1cc(O)nn1CCC. The van der Waals surface area contributed by atoms with Gasteiger partial charge < -0.3 is 5.11 Å². The first-order valence-electron chi connectivity index (χ1n) is 4.53. The molecule has 0 spiro atoms. The van der Waals surface area contributed by atoms with Gasteiger partial charge in [-0.1, -0.05) is 20.3 Å². The van der Waals surface area contributed by atoms with E-state index in [9.17, 15) is 0 Å². The van der Waals surface area contributed by atoms with Crippen molar-refractivity contribution in [3.63, 3.8) is 0 Å². The van der Waals surface area contributed by atoms with Gasteiger partial charge in [-0.15, -0.1) is 5.10 Å². The molecule has 0 radical (unpaired) electrons. The minimum absolute atomic E-state index is 0.145. The van der Waals surface area contributed by atoms with Gasteiger partial charge in [-0.3, -0.25) is 4.68 Å². The third-order valence-electron chi connectivity index (χ3n) is 1.79. The molecular formula is C9H16N2O. The van der Waals surface area contributed by atoms with Crippen molar-refractivity contribution in [2.75, 3.05) is 0 Å². The Hall–Kier alpha value is -0.990. The highest BCUT2D eigenvalue weighted by molar-refractivity contribution is 5.14. The molecule has 0 unspecified atom stereocenters. The highest BCUT2D eigenvalue weighted by atomic mass is 16.3. The van der Waals surface area contributed by atoms with E-state index >= 15 is 0 Å². The summed E-state index contributed by atoms with van der Waals surface area (Å²) in [6.45, 7) is 5.13. The smallest absolute Gasteiger partial charge is 0.230 e. The molecule has 1 aromatic rings. The molecule has 0 atom stereocenters. The molecule has 0 bridgehead atoms. The van der Waals surface area contributed by atoms with Gasteiger partial charge in [-0.2, -0.15) is 0 Å². The summed E-state index contributed by atoms with van der Waals surface area (Å²) < 4.78 is 1.89. The minimum atomic E-state index is 0.145. The first kappa shape index (κ1) is 9.10. The van der Waals surface area contributed by atoms with Crippen LogP contribution in [0.5, 0.6) is 5.88 Å². The molecule has 3 nitrogen and oxygen atoms in total. The molecule has 3 heteroatoms. The summed E-state index contributed by atoms with van der Waals surface area (Å²) in [5, 5.41) is 13.1. The molecule has 0 aliphatic rings. The fourth-order valence-corrected chi connectivity index (χ4v) is 1.30. The van der Waals surface area contributed by atoms with Crippen molar-refractivity contribution in [3.8, 4) is 5.88 Å². The Morgan fingerprint density at radius 2 is 2.17 bits per heavy atom. The summed E-state index contributed by atoms with van der Waals surface area (Å²) in [5.41, 5.74) is 1.14. The van der Waals surface area contributed by atoms with Crippen LogP contribution in [-0.2, 0) is 13.0 Å². The topological polar surface area (TPSA) is 38.1 Å². The molecular weight excluding hydrogens is 152 g/mol. The van der Waals surface area contributed by atoms with Crippen LogP contribution in [0.15, 0.2) is 6.07 Å². The average Bonchev–Trinajstić information content (AvgIpc) is 2.33. The lowest BCUT2D eigenvalue weighted by Gasteiger charge is -2.02. The van der Waals surface area contributed by atoms with Crippen LogP contribution in [0.4, 0.5) is 0 Å². The molecule has 0 aromatic carbocycles. The Labute approximate surface area is 73.0 Å². The van der Waals surface area contributed by atoms with Crippen LogP contribution >= 0.6 is 0 Å². The van der Waals surface area contributed by atoms with Crippen LogP contribution in [0.25, 0.3) is 0 Å². The van der Waals surface area contributed by atoms with Crippen molar-refractivity contribution in [1.82, 2.24) is 9.78 Å². The summed E-state index contributed by atoms with van der Waals surface area (Å²) in [5.74, 6) is 0.145. The van der Waals surface area contributed by atoms with Crippen LogP contribution in [0.3, 0.4) is 0 Å². The van der Waals surface area contributed by atoms with E-state index in [0.717, 1.165) is 31.5 Å². The van der Waals surface area contributed by atoms with Gasteiger partial charge in [-0.25, -0.2) is 0 Å². The third-order valence-corrected chi connectivity index (χ3v) is 1.79. The van der Waals surface area contributed by atoms with E-state index in [-0.39, 0.29) is 5.88 Å². The zero-order chi connectivity index (χ0) is 8.97. The van der Waals surface area contributed by atoms with Gasteiger partial charge >= 0.3 is 0 Å². The molecule has 0 amide bonds. The van der Waals surface area contributed by atoms with Crippen molar-refractivity contribution in [2.24, 2.45) is 0 Å². The summed E-state index contributed by atoms with van der Waals surface area (Å²) >= 11 is 0. The van der Waals surface area contributed by atoms with Crippen molar-refractivity contribution in [3.05, 3.63) is 11.8 Å². The molecule has 1 aromatic heterocycles. The van der Waals surface area contributed by atoms with E-state index in [2.05, 4.69) is 18.9 Å². The normalized spacial score (nSPS) is 10.5. The van der Waals surface area contributed by atoms with E-state index in [1.54, 1.807) is 6.07 Å². The van der Waals surface area contributed by atoms with E-state index in [1.165, 1.54) is 0 Å². The number of aryl methyl sites for hydroxylation is 2. The summed E-state index contributed by atoms with van der Waals surface area (Å²) in [7, 11) is 0. The number of aromatic hydroxyl groups is 1. The third kappa shape index (κ3) is 2.00. The van der Waals surface area contributed by atoms with Crippen LogP contribution < -0.4 is 0 Å². The first-order valence-corrected chi connectivity index (χ1v) is 4.53. The molecule has 68 valence electrons. The Morgan fingerprint density at radius 3 is 2.75 bits per heavy atom. The van der Waals surface area contributed by atoms with Crippen LogP contribution in [0, 0.1) is 0 Å². The monoisotopic (exact) mass is 168 g/mol. The lowest BCUT2D eigenvalue weighted by atomic mass is 10.2. The maximum absolute atomic E-state index is 9.16. The quantitative estimate of drug-likeness (QED) is 0.746. The van der Waals surface area contributed by atoms with Gasteiger partial charge in [0.25, 0.3) is 0 Å². The van der Waals surface area contributed by atoms with Gasteiger partial charge in [0.2, 0.25) is 5.88 Å². The van der Waals surface area contributed by atoms with Crippen molar-refractivity contribution >= 4 is 0 Å². The standard InChI is InChI=1S/C9H16N2O/c1-3-5-8-7-9(12)10-11(8)6-4-2/h7H,3-6H2,1-2H3,(H,10,12). The maximum atomic E-state index is 9.16. The molecule has 1 rings (SSSR count). The second-order valence-corrected chi connectivity index (χ2v) is 2.97. The number of nitrogens with zero attached hydrogens (tertiary/aromatic N) is 2. The predicted molar refractivity (Wildman–Crippen MR) is 48.2 cm³/mol. The fourth-order valence-electron chi connectivity index (χ4n) is 1.30. The number of hydrogen-bond donors (Lipinski definition) is 1. The van der Waals surface area contributed by atoms with Crippen molar-refractivity contribution in [2.45, 2.75) is 39.7 Å². The Kier molecular flexibility index (Phi) is 3.14. The van der Waals surface area contributed by atoms with Gasteiger partial charge in [0.05, 0.1) is 0 Å². The molecule has 1 N–H and O–H groups in total. The van der Waals surface area contributed by atoms with Gasteiger partial charge in [0.1, 0.15) is 0 Å². The lowest BCUT2D eigenvalue weighted by Crippen LogP contribution is -2.03. The molecule has 0 fully saturated rings. The highest BCUT2D eigenvalue weighted by Gasteiger charge is 2.04.